The van der Waals surface area contributed by atoms with Crippen LogP contribution in [0.2, 0.25) is 0 Å². The number of nitrogens with one attached hydrogen (secondary N) is 1. The van der Waals surface area contributed by atoms with E-state index in [0.717, 1.165) is 19.6 Å². The van der Waals surface area contributed by atoms with Crippen molar-refractivity contribution in [3.63, 3.8) is 0 Å². The summed E-state index contributed by atoms with van der Waals surface area (Å²) in [6.45, 7) is 8.09. The molecule has 156 valence electrons. The van der Waals surface area contributed by atoms with Crippen LogP contribution in [-0.4, -0.2) is 75.0 Å². The van der Waals surface area contributed by atoms with Gasteiger partial charge in [0.2, 0.25) is 15.9 Å². The van der Waals surface area contributed by atoms with E-state index in [1.54, 1.807) is 30.3 Å². The number of morpholine rings is 1. The molecule has 0 aliphatic carbocycles. The number of hydrogen-bond donors (Lipinski definition) is 1. The van der Waals surface area contributed by atoms with Gasteiger partial charge in [0, 0.05) is 45.2 Å². The summed E-state index contributed by atoms with van der Waals surface area (Å²) in [5.41, 5.74) is 0. The molecule has 2 fully saturated rings. The molecule has 1 aromatic carbocycles. The Morgan fingerprint density at radius 2 is 1.71 bits per heavy atom. The predicted octanol–water partition coefficient (Wildman–Crippen LogP) is 1.31. The first-order valence-corrected chi connectivity index (χ1v) is 11.5. The fourth-order valence-corrected chi connectivity index (χ4v) is 5.54. The lowest BCUT2D eigenvalue weighted by atomic mass is 9.97. The molecular formula is C20H31N3O4S. The van der Waals surface area contributed by atoms with Crippen LogP contribution in [0.25, 0.3) is 0 Å². The topological polar surface area (TPSA) is 79.0 Å². The predicted molar refractivity (Wildman–Crippen MR) is 107 cm³/mol. The van der Waals surface area contributed by atoms with Gasteiger partial charge in [-0.25, -0.2) is 8.42 Å². The van der Waals surface area contributed by atoms with Crippen LogP contribution in [0.15, 0.2) is 35.2 Å². The van der Waals surface area contributed by atoms with Crippen molar-refractivity contribution >= 4 is 15.9 Å². The van der Waals surface area contributed by atoms with Crippen molar-refractivity contribution in [3.05, 3.63) is 30.3 Å². The molecule has 0 radical (unpaired) electrons. The van der Waals surface area contributed by atoms with Crippen LogP contribution >= 0.6 is 0 Å². The molecule has 2 aliphatic rings. The largest absolute Gasteiger partial charge is 0.373 e. The van der Waals surface area contributed by atoms with Gasteiger partial charge in [-0.3, -0.25) is 9.69 Å². The first-order valence-electron chi connectivity index (χ1n) is 10.1. The van der Waals surface area contributed by atoms with Crippen LogP contribution < -0.4 is 5.32 Å². The first kappa shape index (κ1) is 21.2. The normalized spacial score (nSPS) is 25.5. The van der Waals surface area contributed by atoms with E-state index < -0.39 is 10.0 Å². The molecule has 2 saturated heterocycles. The highest BCUT2D eigenvalue weighted by atomic mass is 32.2. The third-order valence-corrected chi connectivity index (χ3v) is 7.34. The van der Waals surface area contributed by atoms with E-state index in [4.69, 9.17) is 4.74 Å². The van der Waals surface area contributed by atoms with E-state index in [9.17, 15) is 13.2 Å². The van der Waals surface area contributed by atoms with Crippen molar-refractivity contribution < 1.29 is 17.9 Å². The fourth-order valence-electron chi connectivity index (χ4n) is 4.05. The number of piperidine rings is 1. The average molecular weight is 410 g/mol. The van der Waals surface area contributed by atoms with E-state index in [1.165, 1.54) is 4.31 Å². The first-order chi connectivity index (χ1) is 13.4. The quantitative estimate of drug-likeness (QED) is 0.767. The molecule has 1 amide bonds. The van der Waals surface area contributed by atoms with Gasteiger partial charge >= 0.3 is 0 Å². The molecule has 3 rings (SSSR count). The van der Waals surface area contributed by atoms with E-state index in [2.05, 4.69) is 24.1 Å². The number of amides is 1. The molecular weight excluding hydrogens is 378 g/mol. The molecule has 8 heteroatoms. The number of benzene rings is 1. The monoisotopic (exact) mass is 409 g/mol. The zero-order valence-corrected chi connectivity index (χ0v) is 17.5. The highest BCUT2D eigenvalue weighted by molar-refractivity contribution is 7.89. The van der Waals surface area contributed by atoms with E-state index >= 15 is 0 Å². The third kappa shape index (κ3) is 5.31. The zero-order valence-electron chi connectivity index (χ0n) is 16.7. The standard InChI is InChI=1S/C20H31N3O4S/c1-16-14-22(15-17(2)27-16)13-10-21-20(24)18-8-11-23(12-9-18)28(25,26)19-6-4-3-5-7-19/h3-7,16-18H,8-15H2,1-2H3,(H,21,24). The van der Waals surface area contributed by atoms with Crippen molar-refractivity contribution in [3.8, 4) is 0 Å². The molecule has 1 N–H and O–H groups in total. The lowest BCUT2D eigenvalue weighted by Crippen LogP contribution is -2.48. The molecule has 0 aromatic heterocycles. The molecule has 2 heterocycles. The Labute approximate surface area is 168 Å². The number of sulfonamides is 1. The van der Waals surface area contributed by atoms with Gasteiger partial charge in [0.1, 0.15) is 0 Å². The number of ether oxygens (including phenoxy) is 1. The van der Waals surface area contributed by atoms with Gasteiger partial charge in [0.05, 0.1) is 17.1 Å². The SMILES string of the molecule is CC1CN(CCNC(=O)C2CCN(S(=O)(=O)c3ccccc3)CC2)CC(C)O1. The Morgan fingerprint density at radius 1 is 1.11 bits per heavy atom. The van der Waals surface area contributed by atoms with E-state index in [0.29, 0.717) is 37.4 Å². The Balaban J connectivity index is 1.43. The highest BCUT2D eigenvalue weighted by Gasteiger charge is 2.32. The second kappa shape index (κ2) is 9.35. The maximum Gasteiger partial charge on any atom is 0.243 e. The minimum atomic E-state index is -3.47. The van der Waals surface area contributed by atoms with Crippen LogP contribution in [-0.2, 0) is 19.6 Å². The van der Waals surface area contributed by atoms with Crippen LogP contribution in [0.4, 0.5) is 0 Å². The van der Waals surface area contributed by atoms with Crippen molar-refractivity contribution in [2.75, 3.05) is 39.3 Å². The van der Waals surface area contributed by atoms with Crippen LogP contribution in [0, 0.1) is 5.92 Å². The molecule has 0 spiro atoms. The number of carbonyl (C=O) groups excluding carboxylic acids is 1. The maximum atomic E-state index is 12.7. The number of rotatable bonds is 6. The summed E-state index contributed by atoms with van der Waals surface area (Å²) in [4.78, 5) is 15.1. The fraction of sp³-hybridized carbons (Fsp3) is 0.650. The minimum Gasteiger partial charge on any atom is -0.373 e. The molecule has 2 atom stereocenters. The molecule has 2 unspecified atom stereocenters. The molecule has 7 nitrogen and oxygen atoms in total. The van der Waals surface area contributed by atoms with Crippen molar-refractivity contribution in [2.24, 2.45) is 5.92 Å². The summed E-state index contributed by atoms with van der Waals surface area (Å²) in [5.74, 6) is -0.0872. The number of hydrogen-bond acceptors (Lipinski definition) is 5. The Hall–Kier alpha value is -1.48. The molecule has 2 aliphatic heterocycles. The lowest BCUT2D eigenvalue weighted by molar-refractivity contribution is -0.126. The number of carbonyl (C=O) groups is 1. The van der Waals surface area contributed by atoms with Gasteiger partial charge in [-0.2, -0.15) is 4.31 Å². The smallest absolute Gasteiger partial charge is 0.243 e. The molecule has 0 bridgehead atoms. The third-order valence-electron chi connectivity index (χ3n) is 5.43. The number of nitrogens with zero attached hydrogens (tertiary/aromatic N) is 2. The van der Waals surface area contributed by atoms with Crippen LogP contribution in [0.3, 0.4) is 0 Å². The molecule has 28 heavy (non-hydrogen) atoms. The summed E-state index contributed by atoms with van der Waals surface area (Å²) in [6, 6.07) is 8.48. The van der Waals surface area contributed by atoms with Gasteiger partial charge in [0.25, 0.3) is 0 Å². The van der Waals surface area contributed by atoms with E-state index in [-0.39, 0.29) is 24.0 Å². The van der Waals surface area contributed by atoms with Gasteiger partial charge in [-0.15, -0.1) is 0 Å². The van der Waals surface area contributed by atoms with Gasteiger partial charge in [-0.05, 0) is 38.8 Å². The van der Waals surface area contributed by atoms with Crippen LogP contribution in [0.5, 0.6) is 0 Å². The Morgan fingerprint density at radius 3 is 2.32 bits per heavy atom. The Kier molecular flexibility index (Phi) is 7.09. The molecule has 0 saturated carbocycles. The summed E-state index contributed by atoms with van der Waals surface area (Å²) >= 11 is 0. The summed E-state index contributed by atoms with van der Waals surface area (Å²) in [5, 5.41) is 3.03. The van der Waals surface area contributed by atoms with Gasteiger partial charge in [-0.1, -0.05) is 18.2 Å². The van der Waals surface area contributed by atoms with Crippen LogP contribution in [0.1, 0.15) is 26.7 Å². The lowest BCUT2D eigenvalue weighted by Gasteiger charge is -2.35. The van der Waals surface area contributed by atoms with E-state index in [1.807, 2.05) is 0 Å². The summed E-state index contributed by atoms with van der Waals surface area (Å²) in [6.07, 6.45) is 1.55. The van der Waals surface area contributed by atoms with Gasteiger partial charge in [0.15, 0.2) is 0 Å². The zero-order chi connectivity index (χ0) is 20.1. The highest BCUT2D eigenvalue weighted by Crippen LogP contribution is 2.23. The van der Waals surface area contributed by atoms with Crippen molar-refractivity contribution in [1.29, 1.82) is 0 Å². The van der Waals surface area contributed by atoms with Gasteiger partial charge < -0.3 is 10.1 Å². The maximum absolute atomic E-state index is 12.7. The minimum absolute atomic E-state index is 0.0334. The second-order valence-electron chi connectivity index (χ2n) is 7.80. The summed E-state index contributed by atoms with van der Waals surface area (Å²) < 4.78 is 32.6. The molecule has 1 aromatic rings. The Bertz CT molecular complexity index is 738. The van der Waals surface area contributed by atoms with Crippen molar-refractivity contribution in [1.82, 2.24) is 14.5 Å². The summed E-state index contributed by atoms with van der Waals surface area (Å²) in [7, 11) is -3.47. The van der Waals surface area contributed by atoms with Crippen molar-refractivity contribution in [2.45, 2.75) is 43.8 Å². The second-order valence-corrected chi connectivity index (χ2v) is 9.74. The average Bonchev–Trinajstić information content (AvgIpc) is 2.68.